The Hall–Kier alpha value is -2.67. The third kappa shape index (κ3) is 3.01. The largest absolute Gasteiger partial charge is 0.478 e. The van der Waals surface area contributed by atoms with E-state index in [0.717, 1.165) is 0 Å². The molecule has 0 spiro atoms. The second-order valence-corrected chi connectivity index (χ2v) is 4.07. The van der Waals surface area contributed by atoms with Crippen molar-refractivity contribution in [2.75, 3.05) is 5.43 Å². The number of nitrogens with one attached hydrogen (secondary N) is 2. The molecule has 0 fully saturated rings. The normalized spacial score (nSPS) is 10.7. The number of hydrazone groups is 1. The third-order valence-corrected chi connectivity index (χ3v) is 2.75. The van der Waals surface area contributed by atoms with Crippen LogP contribution in [0.1, 0.15) is 15.9 Å². The molecule has 8 heteroatoms. The van der Waals surface area contributed by atoms with Gasteiger partial charge in [0.2, 0.25) is 0 Å². The van der Waals surface area contributed by atoms with Crippen molar-refractivity contribution in [3.05, 3.63) is 57.0 Å². The summed E-state index contributed by atoms with van der Waals surface area (Å²) in [7, 11) is 0. The number of carboxylic acids is 1. The van der Waals surface area contributed by atoms with Crippen LogP contribution in [0.4, 0.5) is 5.69 Å². The van der Waals surface area contributed by atoms with Crippen LogP contribution >= 0.6 is 11.6 Å². The van der Waals surface area contributed by atoms with Crippen molar-refractivity contribution in [3.63, 3.8) is 0 Å². The van der Waals surface area contributed by atoms with Gasteiger partial charge in [0.05, 0.1) is 18.0 Å². The highest BCUT2D eigenvalue weighted by Gasteiger charge is 2.07. The fraction of sp³-hybridized carbons (Fsp3) is 0. The van der Waals surface area contributed by atoms with Gasteiger partial charge < -0.3 is 5.11 Å². The number of hydrogen-bond donors (Lipinski definition) is 3. The Labute approximate surface area is 117 Å². The maximum Gasteiger partial charge on any atom is 0.336 e. The van der Waals surface area contributed by atoms with Crippen LogP contribution in [0.5, 0.6) is 0 Å². The minimum Gasteiger partial charge on any atom is -0.478 e. The van der Waals surface area contributed by atoms with E-state index in [1.165, 1.54) is 18.5 Å². The van der Waals surface area contributed by atoms with Crippen molar-refractivity contribution in [2.45, 2.75) is 0 Å². The Morgan fingerprint density at radius 1 is 1.45 bits per heavy atom. The number of carbonyl (C=O) groups is 1. The molecule has 0 aliphatic rings. The summed E-state index contributed by atoms with van der Waals surface area (Å²) in [6.07, 6.45) is 2.62. The van der Waals surface area contributed by atoms with Crippen LogP contribution < -0.4 is 11.0 Å². The average molecular weight is 293 g/mol. The average Bonchev–Trinajstić information content (AvgIpc) is 2.44. The van der Waals surface area contributed by atoms with Gasteiger partial charge in [0.15, 0.2) is 0 Å². The highest BCUT2D eigenvalue weighted by molar-refractivity contribution is 6.32. The number of nitrogens with zero attached hydrogens (tertiary/aromatic N) is 2. The zero-order valence-electron chi connectivity index (χ0n) is 10.0. The summed E-state index contributed by atoms with van der Waals surface area (Å²) in [5.74, 6) is -1.05. The van der Waals surface area contributed by atoms with Crippen molar-refractivity contribution < 1.29 is 9.90 Å². The van der Waals surface area contributed by atoms with Gasteiger partial charge in [-0.05, 0) is 6.07 Å². The number of halogens is 1. The van der Waals surface area contributed by atoms with Crippen LogP contribution in [-0.4, -0.2) is 27.5 Å². The number of aromatic nitrogens is 2. The molecular weight excluding hydrogens is 284 g/mol. The van der Waals surface area contributed by atoms with E-state index >= 15 is 0 Å². The maximum absolute atomic E-state index is 11.2. The Balaban J connectivity index is 2.21. The molecule has 1 heterocycles. The van der Waals surface area contributed by atoms with Crippen LogP contribution in [0.25, 0.3) is 0 Å². The minimum absolute atomic E-state index is 0.0799. The lowest BCUT2D eigenvalue weighted by atomic mass is 10.1. The molecule has 1 aromatic heterocycles. The van der Waals surface area contributed by atoms with Crippen LogP contribution in [0, 0.1) is 0 Å². The molecule has 0 unspecified atom stereocenters. The number of hydrogen-bond acceptors (Lipinski definition) is 5. The lowest BCUT2D eigenvalue weighted by molar-refractivity contribution is 0.0697. The smallest absolute Gasteiger partial charge is 0.336 e. The van der Waals surface area contributed by atoms with E-state index in [0.29, 0.717) is 5.56 Å². The van der Waals surface area contributed by atoms with Crippen molar-refractivity contribution in [1.82, 2.24) is 10.2 Å². The zero-order chi connectivity index (χ0) is 14.5. The van der Waals surface area contributed by atoms with E-state index < -0.39 is 11.5 Å². The predicted octanol–water partition coefficient (Wildman–Crippen LogP) is 1.57. The zero-order valence-corrected chi connectivity index (χ0v) is 10.8. The summed E-state index contributed by atoms with van der Waals surface area (Å²) < 4.78 is 0. The maximum atomic E-state index is 11.2. The SMILES string of the molecule is O=C(O)c1ccccc1/C=N\Nc1cn[nH]c(=O)c1Cl. The van der Waals surface area contributed by atoms with Crippen molar-refractivity contribution in [3.8, 4) is 0 Å². The number of anilines is 1. The molecule has 102 valence electrons. The van der Waals surface area contributed by atoms with Crippen LogP contribution in [0.2, 0.25) is 5.02 Å². The Bertz CT molecular complexity index is 727. The van der Waals surface area contributed by atoms with Gasteiger partial charge in [-0.1, -0.05) is 29.8 Å². The second-order valence-electron chi connectivity index (χ2n) is 3.69. The number of benzene rings is 1. The second kappa shape index (κ2) is 5.98. The molecule has 20 heavy (non-hydrogen) atoms. The monoisotopic (exact) mass is 292 g/mol. The first-order chi connectivity index (χ1) is 9.59. The first-order valence-corrected chi connectivity index (χ1v) is 5.82. The lowest BCUT2D eigenvalue weighted by Crippen LogP contribution is -2.10. The summed E-state index contributed by atoms with van der Waals surface area (Å²) in [5, 5.41) is 18.5. The van der Waals surface area contributed by atoms with Gasteiger partial charge in [-0.15, -0.1) is 0 Å². The highest BCUT2D eigenvalue weighted by atomic mass is 35.5. The minimum atomic E-state index is -1.05. The molecule has 0 saturated heterocycles. The number of aromatic amines is 1. The molecule has 2 aromatic rings. The third-order valence-electron chi connectivity index (χ3n) is 2.38. The summed E-state index contributed by atoms with van der Waals surface area (Å²) >= 11 is 5.74. The summed E-state index contributed by atoms with van der Waals surface area (Å²) in [4.78, 5) is 22.2. The van der Waals surface area contributed by atoms with E-state index in [4.69, 9.17) is 16.7 Å². The molecule has 0 saturated carbocycles. The first kappa shape index (κ1) is 13.8. The Kier molecular flexibility index (Phi) is 4.11. The molecule has 0 atom stereocenters. The molecule has 2 rings (SSSR count). The number of carboxylic acid groups (broad SMARTS) is 1. The molecule has 0 amide bonds. The standard InChI is InChI=1S/C12H9ClN4O3/c13-10-9(6-15-17-11(10)18)16-14-5-7-3-1-2-4-8(7)12(19)20/h1-6H,(H,19,20)(H2,16,17,18)/b14-5-. The summed E-state index contributed by atoms with van der Waals surface area (Å²) in [6.45, 7) is 0. The molecule has 0 aliphatic heterocycles. The summed E-state index contributed by atoms with van der Waals surface area (Å²) in [5.41, 5.74) is 2.75. The van der Waals surface area contributed by atoms with Gasteiger partial charge in [-0.25, -0.2) is 9.89 Å². The highest BCUT2D eigenvalue weighted by Crippen LogP contribution is 2.14. The number of rotatable bonds is 4. The van der Waals surface area contributed by atoms with Crippen LogP contribution in [0.15, 0.2) is 40.4 Å². The van der Waals surface area contributed by atoms with E-state index in [1.807, 2.05) is 0 Å². The molecule has 0 radical (unpaired) electrons. The quantitative estimate of drug-likeness (QED) is 0.585. The van der Waals surface area contributed by atoms with Gasteiger partial charge in [0.1, 0.15) is 10.7 Å². The van der Waals surface area contributed by atoms with Gasteiger partial charge in [0.25, 0.3) is 5.56 Å². The van der Waals surface area contributed by atoms with E-state index in [2.05, 4.69) is 20.7 Å². The molecular formula is C12H9ClN4O3. The molecule has 0 aliphatic carbocycles. The Morgan fingerprint density at radius 3 is 2.95 bits per heavy atom. The molecule has 3 N–H and O–H groups in total. The number of aromatic carboxylic acids is 1. The van der Waals surface area contributed by atoms with Crippen LogP contribution in [0.3, 0.4) is 0 Å². The first-order valence-electron chi connectivity index (χ1n) is 5.44. The van der Waals surface area contributed by atoms with Crippen molar-refractivity contribution >= 4 is 29.5 Å². The molecule has 0 bridgehead atoms. The van der Waals surface area contributed by atoms with Crippen LogP contribution in [-0.2, 0) is 0 Å². The fourth-order valence-electron chi connectivity index (χ4n) is 1.44. The molecule has 1 aromatic carbocycles. The van der Waals surface area contributed by atoms with Crippen molar-refractivity contribution in [2.24, 2.45) is 5.10 Å². The number of H-pyrrole nitrogens is 1. The predicted molar refractivity (Wildman–Crippen MR) is 74.5 cm³/mol. The topological polar surface area (TPSA) is 107 Å². The van der Waals surface area contributed by atoms with Gasteiger partial charge >= 0.3 is 5.97 Å². The fourth-order valence-corrected chi connectivity index (χ4v) is 1.57. The van der Waals surface area contributed by atoms with E-state index in [1.54, 1.807) is 18.2 Å². The van der Waals surface area contributed by atoms with Crippen molar-refractivity contribution in [1.29, 1.82) is 0 Å². The van der Waals surface area contributed by atoms with E-state index in [-0.39, 0.29) is 16.3 Å². The van der Waals surface area contributed by atoms with Gasteiger partial charge in [-0.2, -0.15) is 10.2 Å². The Morgan fingerprint density at radius 2 is 2.20 bits per heavy atom. The lowest BCUT2D eigenvalue weighted by Gasteiger charge is -2.02. The summed E-state index contributed by atoms with van der Waals surface area (Å²) in [6, 6.07) is 6.37. The molecule has 7 nitrogen and oxygen atoms in total. The van der Waals surface area contributed by atoms with Gasteiger partial charge in [0, 0.05) is 5.56 Å². The van der Waals surface area contributed by atoms with Gasteiger partial charge in [-0.3, -0.25) is 10.2 Å². The van der Waals surface area contributed by atoms with E-state index in [9.17, 15) is 9.59 Å².